The molecule has 0 radical (unpaired) electrons. The maximum absolute atomic E-state index is 2.35. The predicted molar refractivity (Wildman–Crippen MR) is 251 cm³/mol. The molecule has 0 aliphatic rings. The molecule has 0 saturated heterocycles. The minimum Gasteiger partial charge on any atom is -0.311 e. The van der Waals surface area contributed by atoms with E-state index >= 15 is 0 Å². The van der Waals surface area contributed by atoms with Crippen LogP contribution in [-0.2, 0) is 0 Å². The molecule has 272 valence electrons. The van der Waals surface area contributed by atoms with Crippen LogP contribution in [0.15, 0.2) is 224 Å². The minimum absolute atomic E-state index is 1.10. The number of hydrogen-bond acceptors (Lipinski definition) is 2. The summed E-state index contributed by atoms with van der Waals surface area (Å²) < 4.78 is 2.65. The first-order valence-electron chi connectivity index (χ1n) is 19.8. The maximum atomic E-state index is 2.35. The van der Waals surface area contributed by atoms with Gasteiger partial charge in [-0.15, -0.1) is 11.3 Å². The zero-order valence-corrected chi connectivity index (χ0v) is 32.5. The van der Waals surface area contributed by atoms with E-state index in [9.17, 15) is 0 Å². The van der Waals surface area contributed by atoms with Crippen LogP contribution in [0.4, 0.5) is 17.1 Å². The Morgan fingerprint density at radius 3 is 1.40 bits per heavy atom. The standard InChI is InChI=1S/C56H37NS/c1-2-9-38(10-3-1)39-19-27-48(28-20-39)57(50-31-23-41(24-32-50)46-26-34-56-54(37-46)53-15-6-7-16-55(53)58-56)49-29-21-40(22-30-49)43-12-8-13-44(35-43)45-25-33-52-47(36-45)18-17-42-11-4-5-14-51(42)52/h1-37H. The molecule has 0 spiro atoms. The van der Waals surface area contributed by atoms with Crippen molar-refractivity contribution >= 4 is 70.1 Å². The van der Waals surface area contributed by atoms with Gasteiger partial charge in [-0.25, -0.2) is 0 Å². The summed E-state index contributed by atoms with van der Waals surface area (Å²) in [5.74, 6) is 0. The van der Waals surface area contributed by atoms with E-state index in [0.717, 1.165) is 17.1 Å². The summed E-state index contributed by atoms with van der Waals surface area (Å²) in [6, 6.07) is 81.9. The Hall–Kier alpha value is -7.26. The normalized spacial score (nSPS) is 11.4. The van der Waals surface area contributed by atoms with Crippen LogP contribution >= 0.6 is 11.3 Å². The highest BCUT2D eigenvalue weighted by molar-refractivity contribution is 7.25. The van der Waals surface area contributed by atoms with Gasteiger partial charge in [0.2, 0.25) is 0 Å². The molecule has 0 amide bonds. The SMILES string of the molecule is c1ccc(-c2ccc(N(c3ccc(-c4cccc(-c5ccc6c(ccc7ccccc76)c5)c4)cc3)c3ccc(-c4ccc5sc6ccccc6c5c4)cc3)cc2)cc1. The third kappa shape index (κ3) is 6.21. The van der Waals surface area contributed by atoms with E-state index in [1.807, 2.05) is 11.3 Å². The highest BCUT2D eigenvalue weighted by atomic mass is 32.1. The highest BCUT2D eigenvalue weighted by Gasteiger charge is 2.15. The lowest BCUT2D eigenvalue weighted by Gasteiger charge is -2.26. The van der Waals surface area contributed by atoms with Crippen LogP contribution in [-0.4, -0.2) is 0 Å². The molecule has 0 aliphatic carbocycles. The molecule has 0 N–H and O–H groups in total. The van der Waals surface area contributed by atoms with Crippen LogP contribution < -0.4 is 4.90 Å². The summed E-state index contributed by atoms with van der Waals surface area (Å²) in [5, 5.41) is 7.75. The molecule has 0 aliphatic heterocycles. The Morgan fingerprint density at radius 2 is 0.690 bits per heavy atom. The fourth-order valence-corrected chi connectivity index (χ4v) is 9.55. The number of anilines is 3. The molecule has 10 aromatic carbocycles. The summed E-state index contributed by atoms with van der Waals surface area (Å²) in [4.78, 5) is 2.35. The van der Waals surface area contributed by atoms with Gasteiger partial charge in [-0.1, -0.05) is 158 Å². The molecular weight excluding hydrogens is 719 g/mol. The fourth-order valence-electron chi connectivity index (χ4n) is 8.46. The average molecular weight is 756 g/mol. The van der Waals surface area contributed by atoms with Crippen LogP contribution in [0.2, 0.25) is 0 Å². The summed E-state index contributed by atoms with van der Waals surface area (Å²) in [7, 11) is 0. The summed E-state index contributed by atoms with van der Waals surface area (Å²) in [6.07, 6.45) is 0. The molecular formula is C56H37NS. The van der Waals surface area contributed by atoms with Gasteiger partial charge in [0.25, 0.3) is 0 Å². The highest BCUT2D eigenvalue weighted by Crippen LogP contribution is 2.40. The number of thiophene rings is 1. The van der Waals surface area contributed by atoms with Crippen LogP contribution in [0.1, 0.15) is 0 Å². The largest absolute Gasteiger partial charge is 0.311 e. The van der Waals surface area contributed by atoms with Crippen molar-refractivity contribution in [2.75, 3.05) is 4.90 Å². The van der Waals surface area contributed by atoms with Crippen LogP contribution in [0.25, 0.3) is 86.2 Å². The van der Waals surface area contributed by atoms with Gasteiger partial charge in [-0.05, 0) is 133 Å². The van der Waals surface area contributed by atoms with Gasteiger partial charge >= 0.3 is 0 Å². The van der Waals surface area contributed by atoms with Gasteiger partial charge < -0.3 is 4.90 Å². The second-order valence-corrected chi connectivity index (χ2v) is 16.0. The molecule has 1 heterocycles. The minimum atomic E-state index is 1.10. The molecule has 1 aromatic heterocycles. The molecule has 2 heteroatoms. The lowest BCUT2D eigenvalue weighted by Crippen LogP contribution is -2.09. The Balaban J connectivity index is 0.932. The number of hydrogen-bond donors (Lipinski definition) is 0. The van der Waals surface area contributed by atoms with Crippen LogP contribution in [0.5, 0.6) is 0 Å². The average Bonchev–Trinajstić information content (AvgIpc) is 3.68. The lowest BCUT2D eigenvalue weighted by molar-refractivity contribution is 1.28. The topological polar surface area (TPSA) is 3.24 Å². The van der Waals surface area contributed by atoms with Crippen molar-refractivity contribution in [1.29, 1.82) is 0 Å². The maximum Gasteiger partial charge on any atom is 0.0462 e. The van der Waals surface area contributed by atoms with Crippen molar-refractivity contribution in [2.45, 2.75) is 0 Å². The number of benzene rings is 10. The zero-order valence-electron chi connectivity index (χ0n) is 31.7. The molecule has 11 aromatic rings. The fraction of sp³-hybridized carbons (Fsp3) is 0. The second kappa shape index (κ2) is 14.4. The van der Waals surface area contributed by atoms with Crippen molar-refractivity contribution in [3.05, 3.63) is 224 Å². The molecule has 0 saturated carbocycles. The second-order valence-electron chi connectivity index (χ2n) is 15.0. The monoisotopic (exact) mass is 755 g/mol. The van der Waals surface area contributed by atoms with Gasteiger partial charge in [0, 0.05) is 37.2 Å². The zero-order chi connectivity index (χ0) is 38.4. The molecule has 1 nitrogen and oxygen atoms in total. The number of fused-ring (bicyclic) bond motifs is 6. The molecule has 58 heavy (non-hydrogen) atoms. The molecule has 11 rings (SSSR count). The Morgan fingerprint density at radius 1 is 0.241 bits per heavy atom. The first kappa shape index (κ1) is 34.0. The predicted octanol–water partition coefficient (Wildman–Crippen LogP) is 16.5. The van der Waals surface area contributed by atoms with Gasteiger partial charge in [0.1, 0.15) is 0 Å². The van der Waals surface area contributed by atoms with E-state index in [0.29, 0.717) is 0 Å². The van der Waals surface area contributed by atoms with Crippen molar-refractivity contribution in [2.24, 2.45) is 0 Å². The smallest absolute Gasteiger partial charge is 0.0462 e. The van der Waals surface area contributed by atoms with Crippen LogP contribution in [0.3, 0.4) is 0 Å². The third-order valence-electron chi connectivity index (χ3n) is 11.5. The van der Waals surface area contributed by atoms with Gasteiger partial charge in [0.15, 0.2) is 0 Å². The van der Waals surface area contributed by atoms with Crippen molar-refractivity contribution in [3.63, 3.8) is 0 Å². The third-order valence-corrected chi connectivity index (χ3v) is 12.6. The van der Waals surface area contributed by atoms with E-state index in [1.165, 1.54) is 86.2 Å². The first-order chi connectivity index (χ1) is 28.7. The van der Waals surface area contributed by atoms with Crippen LogP contribution in [0, 0.1) is 0 Å². The summed E-state index contributed by atoms with van der Waals surface area (Å²) >= 11 is 1.86. The Bertz CT molecular complexity index is 3250. The van der Waals surface area contributed by atoms with E-state index in [1.54, 1.807) is 0 Å². The van der Waals surface area contributed by atoms with Gasteiger partial charge in [-0.3, -0.25) is 0 Å². The van der Waals surface area contributed by atoms with E-state index in [-0.39, 0.29) is 0 Å². The van der Waals surface area contributed by atoms with Gasteiger partial charge in [0.05, 0.1) is 0 Å². The lowest BCUT2D eigenvalue weighted by atomic mass is 9.95. The Kier molecular flexibility index (Phi) is 8.42. The molecule has 0 unspecified atom stereocenters. The van der Waals surface area contributed by atoms with Crippen molar-refractivity contribution in [3.8, 4) is 44.5 Å². The van der Waals surface area contributed by atoms with Crippen molar-refractivity contribution in [1.82, 2.24) is 0 Å². The molecule has 0 fully saturated rings. The van der Waals surface area contributed by atoms with Gasteiger partial charge in [-0.2, -0.15) is 0 Å². The Labute approximate surface area is 342 Å². The summed E-state index contributed by atoms with van der Waals surface area (Å²) in [5.41, 5.74) is 13.0. The number of rotatable bonds is 7. The van der Waals surface area contributed by atoms with E-state index < -0.39 is 0 Å². The quantitative estimate of drug-likeness (QED) is 0.146. The first-order valence-corrected chi connectivity index (χ1v) is 20.6. The van der Waals surface area contributed by atoms with Crippen molar-refractivity contribution < 1.29 is 0 Å². The molecule has 0 bridgehead atoms. The van der Waals surface area contributed by atoms with E-state index in [4.69, 9.17) is 0 Å². The number of nitrogens with zero attached hydrogens (tertiary/aromatic N) is 1. The summed E-state index contributed by atoms with van der Waals surface area (Å²) in [6.45, 7) is 0. The van der Waals surface area contributed by atoms with E-state index in [2.05, 4.69) is 229 Å². The molecule has 0 atom stereocenters.